The first kappa shape index (κ1) is 14.0. The summed E-state index contributed by atoms with van der Waals surface area (Å²) in [5.41, 5.74) is 2.47. The van der Waals surface area contributed by atoms with E-state index in [1.54, 1.807) is 0 Å². The van der Waals surface area contributed by atoms with Crippen molar-refractivity contribution < 1.29 is 0 Å². The van der Waals surface area contributed by atoms with Crippen LogP contribution in [0.3, 0.4) is 0 Å². The van der Waals surface area contributed by atoms with Gasteiger partial charge in [-0.1, -0.05) is 70.4 Å². The summed E-state index contributed by atoms with van der Waals surface area (Å²) >= 11 is 0. The van der Waals surface area contributed by atoms with Gasteiger partial charge in [0.15, 0.2) is 0 Å². The van der Waals surface area contributed by atoms with E-state index in [1.165, 1.54) is 44.9 Å². The van der Waals surface area contributed by atoms with Crippen LogP contribution in [0.25, 0.3) is 0 Å². The number of hydrogen-bond donors (Lipinski definition) is 0. The Morgan fingerprint density at radius 1 is 0.857 bits per heavy atom. The van der Waals surface area contributed by atoms with Gasteiger partial charge in [0.05, 0.1) is 8.07 Å². The Hall–Kier alpha value is -0.0431. The molecule has 0 rings (SSSR count). The molecule has 0 spiro atoms. The van der Waals surface area contributed by atoms with Gasteiger partial charge in [0, 0.05) is 0 Å². The molecule has 0 aliphatic heterocycles. The molecule has 0 heterocycles. The van der Waals surface area contributed by atoms with Crippen molar-refractivity contribution in [2.24, 2.45) is 0 Å². The third kappa shape index (κ3) is 12.0. The summed E-state index contributed by atoms with van der Waals surface area (Å²) in [6.45, 7) is 9.46. The fourth-order valence-electron chi connectivity index (χ4n) is 1.48. The molecule has 0 amide bonds. The van der Waals surface area contributed by atoms with E-state index >= 15 is 0 Å². The van der Waals surface area contributed by atoms with Gasteiger partial charge in [0.25, 0.3) is 0 Å². The van der Waals surface area contributed by atoms with Crippen LogP contribution in [0.1, 0.15) is 51.9 Å². The van der Waals surface area contributed by atoms with Crippen LogP contribution in [0.4, 0.5) is 0 Å². The first-order valence-electron chi connectivity index (χ1n) is 6.24. The normalized spacial score (nSPS) is 12.6. The third-order valence-electron chi connectivity index (χ3n) is 2.34. The molecule has 0 nitrogen and oxygen atoms in total. The minimum atomic E-state index is -0.919. The predicted molar refractivity (Wildman–Crippen MR) is 70.5 cm³/mol. The maximum absolute atomic E-state index is 2.47. The number of hydrogen-bond acceptors (Lipinski definition) is 0. The molecule has 0 aliphatic carbocycles. The van der Waals surface area contributed by atoms with Crippen LogP contribution in [0, 0.1) is 0 Å². The molecule has 1 heteroatoms. The second-order valence-electron chi connectivity index (χ2n) is 5.32. The van der Waals surface area contributed by atoms with Crippen molar-refractivity contribution in [1.29, 1.82) is 0 Å². The lowest BCUT2D eigenvalue weighted by atomic mass is 10.1. The molecule has 0 fully saturated rings. The second-order valence-corrected chi connectivity index (χ2v) is 10.4. The van der Waals surface area contributed by atoms with Crippen LogP contribution in [0.2, 0.25) is 19.6 Å². The Kier molecular flexibility index (Phi) is 8.25. The van der Waals surface area contributed by atoms with E-state index in [9.17, 15) is 0 Å². The van der Waals surface area contributed by atoms with E-state index in [1.807, 2.05) is 0 Å². The highest BCUT2D eigenvalue weighted by molar-refractivity contribution is 6.80. The summed E-state index contributed by atoms with van der Waals surface area (Å²) in [5, 5.41) is 0. The van der Waals surface area contributed by atoms with Crippen molar-refractivity contribution in [3.63, 3.8) is 0 Å². The minimum Gasteiger partial charge on any atom is -0.0989 e. The molecular formula is C13H28Si. The monoisotopic (exact) mass is 212 g/mol. The van der Waals surface area contributed by atoms with Crippen LogP contribution < -0.4 is 0 Å². The quantitative estimate of drug-likeness (QED) is 0.384. The van der Waals surface area contributed by atoms with Crippen LogP contribution in [0.5, 0.6) is 0 Å². The van der Waals surface area contributed by atoms with E-state index in [2.05, 4.69) is 38.3 Å². The van der Waals surface area contributed by atoms with Gasteiger partial charge in [0.2, 0.25) is 0 Å². The molecule has 0 unspecified atom stereocenters. The first-order chi connectivity index (χ1) is 6.56. The highest BCUT2D eigenvalue weighted by Crippen LogP contribution is 2.08. The fraction of sp³-hybridized carbons (Fsp3) is 0.846. The van der Waals surface area contributed by atoms with Crippen LogP contribution in [0.15, 0.2) is 11.8 Å². The molecule has 0 aromatic heterocycles. The molecule has 0 radical (unpaired) electrons. The van der Waals surface area contributed by atoms with Gasteiger partial charge >= 0.3 is 0 Å². The highest BCUT2D eigenvalue weighted by Gasteiger charge is 2.05. The van der Waals surface area contributed by atoms with E-state index in [-0.39, 0.29) is 0 Å². The zero-order valence-electron chi connectivity index (χ0n) is 10.6. The molecule has 0 saturated heterocycles. The molecular weight excluding hydrogens is 184 g/mol. The van der Waals surface area contributed by atoms with E-state index in [4.69, 9.17) is 0 Å². The first-order valence-corrected chi connectivity index (χ1v) is 9.81. The molecule has 0 aromatic carbocycles. The Balaban J connectivity index is 3.17. The Bertz CT molecular complexity index is 142. The van der Waals surface area contributed by atoms with Crippen molar-refractivity contribution >= 4 is 8.07 Å². The van der Waals surface area contributed by atoms with Crippen molar-refractivity contribution in [2.45, 2.75) is 71.5 Å². The van der Waals surface area contributed by atoms with Crippen molar-refractivity contribution in [1.82, 2.24) is 0 Å². The predicted octanol–water partition coefficient (Wildman–Crippen LogP) is 5.17. The van der Waals surface area contributed by atoms with Crippen molar-refractivity contribution in [2.75, 3.05) is 0 Å². The van der Waals surface area contributed by atoms with Gasteiger partial charge in [-0.2, -0.15) is 0 Å². The fourth-order valence-corrected chi connectivity index (χ4v) is 2.35. The summed E-state index contributed by atoms with van der Waals surface area (Å²) in [6, 6.07) is 0. The summed E-state index contributed by atoms with van der Waals surface area (Å²) in [5.74, 6) is 0. The Morgan fingerprint density at radius 2 is 1.43 bits per heavy atom. The topological polar surface area (TPSA) is 0 Å². The molecule has 0 aromatic rings. The van der Waals surface area contributed by atoms with Gasteiger partial charge in [-0.05, 0) is 12.8 Å². The van der Waals surface area contributed by atoms with Gasteiger partial charge in [-0.3, -0.25) is 0 Å². The summed E-state index contributed by atoms with van der Waals surface area (Å²) < 4.78 is 0. The number of allylic oxidation sites excluding steroid dienone is 1. The third-order valence-corrected chi connectivity index (χ3v) is 3.58. The SMILES string of the molecule is CCCCCCCCC=C[Si](C)(C)C. The van der Waals surface area contributed by atoms with Crippen LogP contribution >= 0.6 is 0 Å². The summed E-state index contributed by atoms with van der Waals surface area (Å²) in [7, 11) is -0.919. The average molecular weight is 212 g/mol. The number of unbranched alkanes of at least 4 members (excludes halogenated alkanes) is 6. The number of rotatable bonds is 8. The maximum atomic E-state index is 2.47. The molecule has 0 atom stereocenters. The molecule has 0 saturated carbocycles. The summed E-state index contributed by atoms with van der Waals surface area (Å²) in [4.78, 5) is 0. The standard InChI is InChI=1S/C13H28Si/c1-5-6-7-8-9-10-11-12-13-14(2,3)4/h12-13H,5-11H2,1-4H3. The van der Waals surface area contributed by atoms with Crippen molar-refractivity contribution in [3.05, 3.63) is 11.8 Å². The zero-order chi connectivity index (χ0) is 10.9. The maximum Gasteiger partial charge on any atom is 0.0682 e. The molecule has 84 valence electrons. The van der Waals surface area contributed by atoms with Gasteiger partial charge in [0.1, 0.15) is 0 Å². The van der Waals surface area contributed by atoms with Gasteiger partial charge in [-0.15, -0.1) is 0 Å². The molecule has 0 N–H and O–H groups in total. The van der Waals surface area contributed by atoms with Gasteiger partial charge in [-0.25, -0.2) is 0 Å². The lowest BCUT2D eigenvalue weighted by molar-refractivity contribution is 0.611. The lowest BCUT2D eigenvalue weighted by Crippen LogP contribution is -2.15. The Morgan fingerprint density at radius 3 is 2.00 bits per heavy atom. The second kappa shape index (κ2) is 8.28. The van der Waals surface area contributed by atoms with Crippen molar-refractivity contribution in [3.8, 4) is 0 Å². The highest BCUT2D eigenvalue weighted by atomic mass is 28.3. The Labute approximate surface area is 91.8 Å². The average Bonchev–Trinajstić information content (AvgIpc) is 2.08. The van der Waals surface area contributed by atoms with E-state index < -0.39 is 8.07 Å². The van der Waals surface area contributed by atoms with E-state index in [0.29, 0.717) is 0 Å². The zero-order valence-corrected chi connectivity index (χ0v) is 11.6. The van der Waals surface area contributed by atoms with Crippen LogP contribution in [-0.2, 0) is 0 Å². The lowest BCUT2D eigenvalue weighted by Gasteiger charge is -2.07. The molecule has 14 heavy (non-hydrogen) atoms. The molecule has 0 aliphatic rings. The molecule has 0 bridgehead atoms. The smallest absolute Gasteiger partial charge is 0.0682 e. The minimum absolute atomic E-state index is 0.919. The van der Waals surface area contributed by atoms with Crippen LogP contribution in [-0.4, -0.2) is 8.07 Å². The van der Waals surface area contributed by atoms with Gasteiger partial charge < -0.3 is 0 Å². The largest absolute Gasteiger partial charge is 0.0989 e. The van der Waals surface area contributed by atoms with E-state index in [0.717, 1.165) is 0 Å². The summed E-state index contributed by atoms with van der Waals surface area (Å²) in [6.07, 6.45) is 12.2.